The molecule has 4 atom stereocenters. The van der Waals surface area contributed by atoms with Crippen LogP contribution < -0.4 is 4.74 Å². The van der Waals surface area contributed by atoms with Gasteiger partial charge >= 0.3 is 0 Å². The van der Waals surface area contributed by atoms with E-state index >= 15 is 0 Å². The van der Waals surface area contributed by atoms with E-state index in [1.54, 1.807) is 12.1 Å². The molecule has 0 radical (unpaired) electrons. The van der Waals surface area contributed by atoms with Crippen molar-refractivity contribution in [1.29, 1.82) is 0 Å². The Balaban J connectivity index is 1.41. The van der Waals surface area contributed by atoms with Crippen LogP contribution in [0.15, 0.2) is 67.3 Å². The lowest BCUT2D eigenvalue weighted by Crippen LogP contribution is -2.30. The van der Waals surface area contributed by atoms with Crippen LogP contribution in [0.3, 0.4) is 0 Å². The van der Waals surface area contributed by atoms with Crippen LogP contribution >= 0.6 is 0 Å². The Bertz CT molecular complexity index is 882. The van der Waals surface area contributed by atoms with Crippen LogP contribution in [-0.2, 0) is 0 Å². The molecule has 0 saturated heterocycles. The molecule has 0 N–H and O–H groups in total. The van der Waals surface area contributed by atoms with Gasteiger partial charge in [-0.2, -0.15) is 0 Å². The number of fused-ring (bicyclic) bond motifs is 1. The van der Waals surface area contributed by atoms with Crippen molar-refractivity contribution in [3.8, 4) is 16.9 Å². The summed E-state index contributed by atoms with van der Waals surface area (Å²) in [5.74, 6) is 3.53. The number of benzene rings is 2. The van der Waals surface area contributed by atoms with Crippen LogP contribution in [0.1, 0.15) is 56.9 Å². The zero-order chi connectivity index (χ0) is 20.9. The summed E-state index contributed by atoms with van der Waals surface area (Å²) in [6, 6.07) is 13.7. The van der Waals surface area contributed by atoms with Crippen molar-refractivity contribution in [2.45, 2.75) is 51.4 Å². The lowest BCUT2D eigenvalue weighted by Gasteiger charge is -2.41. The highest BCUT2D eigenvalue weighted by molar-refractivity contribution is 5.65. The summed E-state index contributed by atoms with van der Waals surface area (Å²) in [6.45, 7) is 6.15. The highest BCUT2D eigenvalue weighted by Crippen LogP contribution is 2.48. The topological polar surface area (TPSA) is 9.23 Å². The van der Waals surface area contributed by atoms with Crippen molar-refractivity contribution in [2.75, 3.05) is 6.61 Å². The second-order valence-corrected chi connectivity index (χ2v) is 8.99. The molecule has 2 aliphatic rings. The molecule has 0 heterocycles. The van der Waals surface area contributed by atoms with Gasteiger partial charge in [-0.3, -0.25) is 0 Å². The molecule has 158 valence electrons. The molecule has 4 rings (SSSR count). The lowest BCUT2D eigenvalue weighted by atomic mass is 9.64. The van der Waals surface area contributed by atoms with Crippen molar-refractivity contribution in [1.82, 2.24) is 0 Å². The van der Waals surface area contributed by atoms with Crippen LogP contribution in [0.25, 0.3) is 11.1 Å². The first-order chi connectivity index (χ1) is 14.7. The maximum Gasteiger partial charge on any atom is 0.134 e. The van der Waals surface area contributed by atoms with Gasteiger partial charge in [-0.05, 0) is 92.4 Å². The van der Waals surface area contributed by atoms with Gasteiger partial charge in [0.05, 0.1) is 0 Å². The first kappa shape index (κ1) is 20.9. The van der Waals surface area contributed by atoms with Crippen LogP contribution in [0.5, 0.6) is 5.75 Å². The number of hydrogen-bond donors (Lipinski definition) is 0. The van der Waals surface area contributed by atoms with Gasteiger partial charge in [0, 0.05) is 11.6 Å². The molecule has 0 bridgehead atoms. The molecule has 1 nitrogen and oxygen atoms in total. The van der Waals surface area contributed by atoms with Gasteiger partial charge < -0.3 is 4.74 Å². The van der Waals surface area contributed by atoms with Gasteiger partial charge in [0.15, 0.2) is 0 Å². The third kappa shape index (κ3) is 4.69. The Hall–Kier alpha value is -2.35. The van der Waals surface area contributed by atoms with Gasteiger partial charge in [0.1, 0.15) is 18.2 Å². The highest BCUT2D eigenvalue weighted by atomic mass is 19.1. The number of hydrogen-bond acceptors (Lipinski definition) is 1. The molecule has 0 spiro atoms. The zero-order valence-electron chi connectivity index (χ0n) is 18.0. The van der Waals surface area contributed by atoms with E-state index in [2.05, 4.69) is 49.9 Å². The lowest BCUT2D eigenvalue weighted by molar-refractivity contribution is 0.133. The largest absolute Gasteiger partial charge is 0.489 e. The monoisotopic (exact) mass is 404 g/mol. The number of halogens is 1. The summed E-state index contributed by atoms with van der Waals surface area (Å²) in [5, 5.41) is 0. The fourth-order valence-corrected chi connectivity index (χ4v) is 5.58. The Morgan fingerprint density at radius 1 is 1.00 bits per heavy atom. The van der Waals surface area contributed by atoms with E-state index in [0.717, 1.165) is 23.3 Å². The first-order valence-electron chi connectivity index (χ1n) is 11.4. The third-order valence-electron chi connectivity index (χ3n) is 7.12. The molecule has 30 heavy (non-hydrogen) atoms. The van der Waals surface area contributed by atoms with E-state index in [1.807, 2.05) is 6.07 Å². The first-order valence-corrected chi connectivity index (χ1v) is 11.4. The third-order valence-corrected chi connectivity index (χ3v) is 7.12. The van der Waals surface area contributed by atoms with Crippen molar-refractivity contribution >= 4 is 0 Å². The Morgan fingerprint density at radius 3 is 2.50 bits per heavy atom. The molecule has 2 aromatic carbocycles. The summed E-state index contributed by atoms with van der Waals surface area (Å²) in [6.07, 6.45) is 14.4. The molecule has 4 unspecified atom stereocenters. The summed E-state index contributed by atoms with van der Waals surface area (Å²) in [4.78, 5) is 0. The Kier molecular flexibility index (Phi) is 6.72. The smallest absolute Gasteiger partial charge is 0.134 e. The standard InChI is InChI=1S/C28H33FO/c1-3-5-20-6-7-25-18-24(13-12-23(25)17-20)21-8-10-22(11-9-21)27-15-14-26(19-28(27)29)30-16-4-2/h3-5,8-11,14-15,19-20,23-25H,2,6-7,12-13,16-18H2,1H3/b5-3+. The Morgan fingerprint density at radius 2 is 1.77 bits per heavy atom. The van der Waals surface area contributed by atoms with Crippen LogP contribution in [-0.4, -0.2) is 6.61 Å². The van der Waals surface area contributed by atoms with Gasteiger partial charge in [-0.15, -0.1) is 0 Å². The molecule has 0 aromatic heterocycles. The molecular formula is C28H33FO. The van der Waals surface area contributed by atoms with Crippen molar-refractivity contribution in [3.63, 3.8) is 0 Å². The van der Waals surface area contributed by atoms with Gasteiger partial charge in [-0.1, -0.05) is 49.1 Å². The SMILES string of the molecule is C=CCOc1ccc(-c2ccc(C3CCC4CC(/C=C/C)CCC4C3)cc2)c(F)c1. The minimum absolute atomic E-state index is 0.247. The minimum atomic E-state index is -0.247. The average Bonchev–Trinajstić information content (AvgIpc) is 2.78. The molecule has 2 saturated carbocycles. The Labute approximate surface area is 180 Å². The number of rotatable bonds is 6. The van der Waals surface area contributed by atoms with Crippen molar-refractivity contribution in [2.24, 2.45) is 17.8 Å². The molecule has 2 aliphatic carbocycles. The predicted octanol–water partition coefficient (Wildman–Crippen LogP) is 7.93. The second-order valence-electron chi connectivity index (χ2n) is 8.99. The zero-order valence-corrected chi connectivity index (χ0v) is 18.0. The van der Waals surface area contributed by atoms with Crippen LogP contribution in [0.4, 0.5) is 4.39 Å². The summed E-state index contributed by atoms with van der Waals surface area (Å²) in [5.41, 5.74) is 2.96. The number of allylic oxidation sites excluding steroid dienone is 2. The fraction of sp³-hybridized carbons (Fsp3) is 0.429. The van der Waals surface area contributed by atoms with Crippen molar-refractivity contribution < 1.29 is 9.13 Å². The molecule has 2 heteroatoms. The average molecular weight is 405 g/mol. The fourth-order valence-electron chi connectivity index (χ4n) is 5.58. The maximum atomic E-state index is 14.6. The predicted molar refractivity (Wildman–Crippen MR) is 123 cm³/mol. The molecule has 0 aliphatic heterocycles. The maximum absolute atomic E-state index is 14.6. The highest BCUT2D eigenvalue weighted by Gasteiger charge is 2.35. The number of ether oxygens (including phenoxy) is 1. The van der Waals surface area contributed by atoms with E-state index < -0.39 is 0 Å². The molecular weight excluding hydrogens is 371 g/mol. The van der Waals surface area contributed by atoms with E-state index in [4.69, 9.17) is 4.74 Å². The molecule has 2 fully saturated rings. The molecule has 2 aromatic rings. The summed E-state index contributed by atoms with van der Waals surface area (Å²) < 4.78 is 20.0. The summed E-state index contributed by atoms with van der Waals surface area (Å²) >= 11 is 0. The minimum Gasteiger partial charge on any atom is -0.489 e. The van der Waals surface area contributed by atoms with Crippen LogP contribution in [0.2, 0.25) is 0 Å². The van der Waals surface area contributed by atoms with E-state index in [1.165, 1.54) is 50.2 Å². The second kappa shape index (κ2) is 9.64. The normalized spacial score (nSPS) is 26.3. The van der Waals surface area contributed by atoms with Crippen molar-refractivity contribution in [3.05, 3.63) is 78.7 Å². The van der Waals surface area contributed by atoms with Crippen LogP contribution in [0, 0.1) is 23.6 Å². The van der Waals surface area contributed by atoms with E-state index in [9.17, 15) is 4.39 Å². The quantitative estimate of drug-likeness (QED) is 0.444. The summed E-state index contributed by atoms with van der Waals surface area (Å²) in [7, 11) is 0. The van der Waals surface area contributed by atoms with E-state index in [0.29, 0.717) is 23.8 Å². The van der Waals surface area contributed by atoms with E-state index in [-0.39, 0.29) is 5.82 Å². The van der Waals surface area contributed by atoms with Gasteiger partial charge in [-0.25, -0.2) is 4.39 Å². The molecule has 0 amide bonds. The van der Waals surface area contributed by atoms with Gasteiger partial charge in [0.25, 0.3) is 0 Å². The van der Waals surface area contributed by atoms with Gasteiger partial charge in [0.2, 0.25) is 0 Å².